The molecule has 0 amide bonds. The maximum absolute atomic E-state index is 10.8. The minimum absolute atomic E-state index is 0.458. The smallest absolute Gasteiger partial charge is 0.326 e. The third kappa shape index (κ3) is 3.00. The van der Waals surface area contributed by atoms with Crippen LogP contribution in [0.3, 0.4) is 0 Å². The van der Waals surface area contributed by atoms with E-state index in [-0.39, 0.29) is 0 Å². The summed E-state index contributed by atoms with van der Waals surface area (Å²) in [5, 5.41) is 11.5. The molecule has 1 fully saturated rings. The van der Waals surface area contributed by atoms with Crippen molar-refractivity contribution in [3.8, 4) is 0 Å². The topological polar surface area (TPSA) is 79.5 Å². The molecule has 0 aromatic carbocycles. The monoisotopic (exact) mass is 269 g/mol. The molecule has 6 heteroatoms. The second-order valence-corrected chi connectivity index (χ2v) is 5.73. The minimum atomic E-state index is -1.03. The number of nitrogens with two attached hydrogens (primary N) is 1. The van der Waals surface area contributed by atoms with Crippen LogP contribution in [0.2, 0.25) is 0 Å². The molecule has 0 saturated carbocycles. The van der Waals surface area contributed by atoms with Crippen LogP contribution in [0.4, 0.5) is 5.13 Å². The number of anilines is 1. The first-order chi connectivity index (χ1) is 8.58. The van der Waals surface area contributed by atoms with Crippen molar-refractivity contribution < 1.29 is 9.90 Å². The molecule has 2 heterocycles. The zero-order valence-corrected chi connectivity index (χ0v) is 11.3. The molecule has 1 aliphatic heterocycles. The molecular formula is C12H19N3O2S. The Labute approximate surface area is 111 Å². The Bertz CT molecular complexity index is 421. The molecule has 0 radical (unpaired) electrons. The van der Waals surface area contributed by atoms with E-state index in [1.54, 1.807) is 5.38 Å². The van der Waals surface area contributed by atoms with Crippen LogP contribution in [0.25, 0.3) is 0 Å². The third-order valence-electron chi connectivity index (χ3n) is 3.38. The maximum Gasteiger partial charge on any atom is 0.326 e. The summed E-state index contributed by atoms with van der Waals surface area (Å²) < 4.78 is 0. The number of hydrogen-bond acceptors (Lipinski definition) is 5. The molecule has 2 rings (SSSR count). The second-order valence-electron chi connectivity index (χ2n) is 4.89. The Morgan fingerprint density at radius 1 is 1.61 bits per heavy atom. The van der Waals surface area contributed by atoms with E-state index in [4.69, 9.17) is 10.8 Å². The van der Waals surface area contributed by atoms with Crippen LogP contribution in [-0.2, 0) is 4.79 Å². The van der Waals surface area contributed by atoms with Gasteiger partial charge >= 0.3 is 5.97 Å². The number of nitrogens with zero attached hydrogens (tertiary/aromatic N) is 2. The van der Waals surface area contributed by atoms with Gasteiger partial charge in [-0.3, -0.25) is 4.79 Å². The zero-order valence-electron chi connectivity index (χ0n) is 10.5. The van der Waals surface area contributed by atoms with E-state index in [9.17, 15) is 4.79 Å². The van der Waals surface area contributed by atoms with Gasteiger partial charge in [0.05, 0.1) is 5.69 Å². The van der Waals surface area contributed by atoms with Crippen molar-refractivity contribution in [2.45, 2.75) is 32.2 Å². The number of aromatic nitrogens is 1. The predicted molar refractivity (Wildman–Crippen MR) is 71.9 cm³/mol. The fourth-order valence-corrected chi connectivity index (χ4v) is 3.06. The number of carbonyl (C=O) groups is 1. The Morgan fingerprint density at radius 3 is 3.11 bits per heavy atom. The van der Waals surface area contributed by atoms with Gasteiger partial charge in [0.2, 0.25) is 0 Å². The van der Waals surface area contributed by atoms with Gasteiger partial charge in [-0.15, -0.1) is 11.3 Å². The molecule has 1 saturated heterocycles. The van der Waals surface area contributed by atoms with Crippen LogP contribution < -0.4 is 10.6 Å². The summed E-state index contributed by atoms with van der Waals surface area (Å²) >= 11 is 1.48. The van der Waals surface area contributed by atoms with E-state index < -0.39 is 12.0 Å². The van der Waals surface area contributed by atoms with E-state index >= 15 is 0 Å². The Hall–Kier alpha value is -1.14. The second kappa shape index (κ2) is 5.67. The first-order valence-corrected chi connectivity index (χ1v) is 7.14. The maximum atomic E-state index is 10.8. The van der Waals surface area contributed by atoms with E-state index in [0.717, 1.165) is 24.1 Å². The predicted octanol–water partition coefficient (Wildman–Crippen LogP) is 1.85. The lowest BCUT2D eigenvalue weighted by molar-refractivity contribution is -0.138. The first kappa shape index (κ1) is 13.3. The average Bonchev–Trinajstić information content (AvgIpc) is 2.72. The molecule has 1 aromatic heterocycles. The number of rotatable bonds is 3. The highest BCUT2D eigenvalue weighted by Gasteiger charge is 2.21. The molecule has 0 bridgehead atoms. The van der Waals surface area contributed by atoms with Gasteiger partial charge in [0.25, 0.3) is 0 Å². The number of aliphatic carboxylic acids is 1. The molecule has 0 aliphatic carbocycles. The average molecular weight is 269 g/mol. The summed E-state index contributed by atoms with van der Waals surface area (Å²) in [6.45, 7) is 4.27. The zero-order chi connectivity index (χ0) is 13.1. The van der Waals surface area contributed by atoms with Crippen molar-refractivity contribution in [1.82, 2.24) is 4.98 Å². The van der Waals surface area contributed by atoms with Crippen LogP contribution >= 0.6 is 11.3 Å². The lowest BCUT2D eigenvalue weighted by atomic mass is 10.0. The van der Waals surface area contributed by atoms with Crippen molar-refractivity contribution in [3.63, 3.8) is 0 Å². The largest absolute Gasteiger partial charge is 0.480 e. The molecule has 3 N–H and O–H groups in total. The highest BCUT2D eigenvalue weighted by molar-refractivity contribution is 7.13. The number of thiazole rings is 1. The lowest BCUT2D eigenvalue weighted by Crippen LogP contribution is -2.25. The standard InChI is InChI=1S/C12H19N3O2S/c1-8-3-2-5-15(6-4-8)12-14-9(7-18-12)10(13)11(16)17/h7-8,10H,2-6,13H2,1H3,(H,16,17). The summed E-state index contributed by atoms with van der Waals surface area (Å²) in [5.74, 6) is -0.271. The quantitative estimate of drug-likeness (QED) is 0.875. The van der Waals surface area contributed by atoms with Gasteiger partial charge in [-0.2, -0.15) is 0 Å². The van der Waals surface area contributed by atoms with Crippen LogP contribution in [0.1, 0.15) is 37.9 Å². The number of carboxylic acids is 1. The van der Waals surface area contributed by atoms with Gasteiger partial charge < -0.3 is 15.7 Å². The minimum Gasteiger partial charge on any atom is -0.480 e. The van der Waals surface area contributed by atoms with Gasteiger partial charge in [-0.1, -0.05) is 6.92 Å². The van der Waals surface area contributed by atoms with Gasteiger partial charge in [0.15, 0.2) is 5.13 Å². The van der Waals surface area contributed by atoms with Crippen LogP contribution in [0, 0.1) is 5.92 Å². The third-order valence-corrected chi connectivity index (χ3v) is 4.30. The number of hydrogen-bond donors (Lipinski definition) is 2. The molecule has 2 atom stereocenters. The van der Waals surface area contributed by atoms with E-state index in [0.29, 0.717) is 5.69 Å². The summed E-state index contributed by atoms with van der Waals surface area (Å²) in [6.07, 6.45) is 3.59. The fraction of sp³-hybridized carbons (Fsp3) is 0.667. The highest BCUT2D eigenvalue weighted by atomic mass is 32.1. The van der Waals surface area contributed by atoms with Gasteiger partial charge in [-0.25, -0.2) is 4.98 Å². The molecular weight excluding hydrogens is 250 g/mol. The van der Waals surface area contributed by atoms with E-state index in [2.05, 4.69) is 16.8 Å². The van der Waals surface area contributed by atoms with Crippen molar-refractivity contribution in [3.05, 3.63) is 11.1 Å². The highest BCUT2D eigenvalue weighted by Crippen LogP contribution is 2.27. The first-order valence-electron chi connectivity index (χ1n) is 6.26. The molecule has 18 heavy (non-hydrogen) atoms. The van der Waals surface area contributed by atoms with Crippen LogP contribution in [0.5, 0.6) is 0 Å². The summed E-state index contributed by atoms with van der Waals surface area (Å²) in [7, 11) is 0. The van der Waals surface area contributed by atoms with Crippen molar-refractivity contribution in [1.29, 1.82) is 0 Å². The van der Waals surface area contributed by atoms with Crippen molar-refractivity contribution in [2.75, 3.05) is 18.0 Å². The molecule has 100 valence electrons. The number of carboxylic acid groups (broad SMARTS) is 1. The lowest BCUT2D eigenvalue weighted by Gasteiger charge is -2.19. The fourth-order valence-electron chi connectivity index (χ4n) is 2.15. The molecule has 1 aromatic rings. The summed E-state index contributed by atoms with van der Waals surface area (Å²) in [5.41, 5.74) is 6.02. The Morgan fingerprint density at radius 2 is 2.39 bits per heavy atom. The molecule has 0 spiro atoms. The van der Waals surface area contributed by atoms with Gasteiger partial charge in [-0.05, 0) is 25.2 Å². The van der Waals surface area contributed by atoms with Gasteiger partial charge in [0, 0.05) is 18.5 Å². The molecule has 5 nitrogen and oxygen atoms in total. The Kier molecular flexibility index (Phi) is 4.19. The van der Waals surface area contributed by atoms with Crippen molar-refractivity contribution in [2.24, 2.45) is 11.7 Å². The van der Waals surface area contributed by atoms with Crippen LogP contribution in [0.15, 0.2) is 5.38 Å². The van der Waals surface area contributed by atoms with Gasteiger partial charge in [0.1, 0.15) is 6.04 Å². The SMILES string of the molecule is CC1CCCN(c2nc(C(N)C(=O)O)cs2)CC1. The van der Waals surface area contributed by atoms with E-state index in [1.165, 1.54) is 30.6 Å². The van der Waals surface area contributed by atoms with Crippen molar-refractivity contribution >= 4 is 22.4 Å². The molecule has 2 unspecified atom stereocenters. The molecule has 1 aliphatic rings. The summed E-state index contributed by atoms with van der Waals surface area (Å²) in [4.78, 5) is 17.4. The van der Waals surface area contributed by atoms with Crippen LogP contribution in [-0.4, -0.2) is 29.1 Å². The Balaban J connectivity index is 2.07. The normalized spacial score (nSPS) is 22.6. The van der Waals surface area contributed by atoms with E-state index in [1.807, 2.05) is 0 Å². The summed E-state index contributed by atoms with van der Waals surface area (Å²) in [6, 6.07) is -1.01.